The second-order valence-electron chi connectivity index (χ2n) is 2.25. The molecule has 0 atom stereocenters. The van der Waals surface area contributed by atoms with Crippen molar-refractivity contribution in [2.75, 3.05) is 20.8 Å². The van der Waals surface area contributed by atoms with Crippen molar-refractivity contribution in [1.29, 1.82) is 5.41 Å². The van der Waals surface area contributed by atoms with Crippen LogP contribution in [-0.4, -0.2) is 25.4 Å². The lowest BCUT2D eigenvalue weighted by Gasteiger charge is -1.98. The Balaban J connectivity index is 0.00000144. The number of hydrogen-bond donors (Lipinski definition) is 1. The maximum Gasteiger partial charge on any atom is 0.193 e. The largest absolute Gasteiger partial charge is 0.486 e. The highest BCUT2D eigenvalue weighted by molar-refractivity contribution is 8.93. The summed E-state index contributed by atoms with van der Waals surface area (Å²) in [7, 11) is 3.25. The Kier molecular flexibility index (Phi) is 6.02. The summed E-state index contributed by atoms with van der Waals surface area (Å²) >= 11 is 1.32. The van der Waals surface area contributed by atoms with Crippen molar-refractivity contribution >= 4 is 28.3 Å². The highest BCUT2D eigenvalue weighted by Gasteiger charge is 1.99. The van der Waals surface area contributed by atoms with Gasteiger partial charge in [0.15, 0.2) is 9.86 Å². The number of halogens is 1. The van der Waals surface area contributed by atoms with E-state index >= 15 is 0 Å². The minimum atomic E-state index is 0. The molecular formula is C7H13BrN2O2S. The molecule has 1 aromatic heterocycles. The average molecular weight is 269 g/mol. The Labute approximate surface area is 91.4 Å². The van der Waals surface area contributed by atoms with Gasteiger partial charge in [-0.05, 0) is 0 Å². The second kappa shape index (κ2) is 6.17. The zero-order chi connectivity index (χ0) is 8.97. The molecule has 76 valence electrons. The molecule has 1 rings (SSSR count). The summed E-state index contributed by atoms with van der Waals surface area (Å²) in [4.78, 5) is 0.490. The van der Waals surface area contributed by atoms with Crippen molar-refractivity contribution in [3.63, 3.8) is 0 Å². The van der Waals surface area contributed by atoms with Crippen LogP contribution in [0.25, 0.3) is 0 Å². The van der Waals surface area contributed by atoms with Crippen LogP contribution in [0.1, 0.15) is 0 Å². The van der Waals surface area contributed by atoms with Crippen molar-refractivity contribution in [2.45, 2.75) is 6.54 Å². The molecule has 0 bridgehead atoms. The lowest BCUT2D eigenvalue weighted by molar-refractivity contribution is 0.186. The SMILES string of the molecule is Br.COCCn1cc(OC)sc1=N. The lowest BCUT2D eigenvalue weighted by atomic mass is 10.6. The fourth-order valence-corrected chi connectivity index (χ4v) is 1.53. The van der Waals surface area contributed by atoms with Gasteiger partial charge in [-0.3, -0.25) is 5.41 Å². The van der Waals surface area contributed by atoms with Crippen LogP contribution >= 0.6 is 28.3 Å². The van der Waals surface area contributed by atoms with E-state index < -0.39 is 0 Å². The number of aromatic nitrogens is 1. The first-order valence-corrected chi connectivity index (χ1v) is 4.37. The molecular weight excluding hydrogens is 256 g/mol. The zero-order valence-corrected chi connectivity index (χ0v) is 10.1. The first-order valence-electron chi connectivity index (χ1n) is 3.55. The van der Waals surface area contributed by atoms with E-state index in [0.717, 1.165) is 5.06 Å². The number of thiazole rings is 1. The van der Waals surface area contributed by atoms with E-state index in [0.29, 0.717) is 18.0 Å². The number of rotatable bonds is 4. The molecule has 0 aliphatic carbocycles. The molecule has 13 heavy (non-hydrogen) atoms. The van der Waals surface area contributed by atoms with Gasteiger partial charge < -0.3 is 14.0 Å². The number of methoxy groups -OCH3 is 2. The van der Waals surface area contributed by atoms with Gasteiger partial charge in [0, 0.05) is 13.7 Å². The molecule has 1 N–H and O–H groups in total. The Bertz CT molecular complexity index is 297. The van der Waals surface area contributed by atoms with Crippen LogP contribution in [0.2, 0.25) is 0 Å². The second-order valence-corrected chi connectivity index (χ2v) is 3.24. The molecule has 0 spiro atoms. The standard InChI is InChI=1S/C7H12N2O2S.BrH/c1-10-4-3-9-5-6(11-2)12-7(9)8;/h5,8H,3-4H2,1-2H3;1H. The van der Waals surface area contributed by atoms with Crippen LogP contribution in [-0.2, 0) is 11.3 Å². The normalized spacial score (nSPS) is 9.38. The van der Waals surface area contributed by atoms with Crippen LogP contribution in [0.5, 0.6) is 5.06 Å². The Morgan fingerprint density at radius 1 is 1.54 bits per heavy atom. The van der Waals surface area contributed by atoms with Gasteiger partial charge in [0.25, 0.3) is 0 Å². The van der Waals surface area contributed by atoms with Gasteiger partial charge in [-0.1, -0.05) is 11.3 Å². The van der Waals surface area contributed by atoms with E-state index in [1.54, 1.807) is 18.8 Å². The fraction of sp³-hybridized carbons (Fsp3) is 0.571. The van der Waals surface area contributed by atoms with Gasteiger partial charge in [-0.2, -0.15) is 0 Å². The summed E-state index contributed by atoms with van der Waals surface area (Å²) in [5, 5.41) is 8.28. The Morgan fingerprint density at radius 2 is 2.23 bits per heavy atom. The van der Waals surface area contributed by atoms with Crippen molar-refractivity contribution in [2.24, 2.45) is 0 Å². The lowest BCUT2D eigenvalue weighted by Crippen LogP contribution is -2.14. The van der Waals surface area contributed by atoms with Gasteiger partial charge >= 0.3 is 0 Å². The van der Waals surface area contributed by atoms with Gasteiger partial charge in [-0.15, -0.1) is 17.0 Å². The van der Waals surface area contributed by atoms with E-state index in [-0.39, 0.29) is 17.0 Å². The molecule has 0 unspecified atom stereocenters. The summed E-state index contributed by atoms with van der Waals surface area (Å²) in [6, 6.07) is 0. The quantitative estimate of drug-likeness (QED) is 0.894. The van der Waals surface area contributed by atoms with Crippen molar-refractivity contribution < 1.29 is 9.47 Å². The van der Waals surface area contributed by atoms with Gasteiger partial charge in [0.2, 0.25) is 0 Å². The highest BCUT2D eigenvalue weighted by atomic mass is 79.9. The number of nitrogens with one attached hydrogen (secondary N) is 1. The van der Waals surface area contributed by atoms with Crippen LogP contribution in [0.3, 0.4) is 0 Å². The summed E-state index contributed by atoms with van der Waals surface area (Å²) in [5.41, 5.74) is 0. The molecule has 0 saturated heterocycles. The molecule has 0 saturated carbocycles. The molecule has 0 fully saturated rings. The summed E-state index contributed by atoms with van der Waals surface area (Å²) in [5.74, 6) is 0. The minimum absolute atomic E-state index is 0. The van der Waals surface area contributed by atoms with E-state index in [9.17, 15) is 0 Å². The Morgan fingerprint density at radius 3 is 2.69 bits per heavy atom. The van der Waals surface area contributed by atoms with Crippen LogP contribution in [0.15, 0.2) is 6.20 Å². The predicted molar refractivity (Wildman–Crippen MR) is 56.9 cm³/mol. The van der Waals surface area contributed by atoms with Gasteiger partial charge in [0.05, 0.1) is 19.9 Å². The van der Waals surface area contributed by atoms with Gasteiger partial charge in [0.1, 0.15) is 0 Å². The summed E-state index contributed by atoms with van der Waals surface area (Å²) in [6.45, 7) is 1.33. The van der Waals surface area contributed by atoms with Crippen LogP contribution in [0, 0.1) is 5.41 Å². The Hall–Kier alpha value is -0.330. The van der Waals surface area contributed by atoms with Crippen molar-refractivity contribution in [3.8, 4) is 5.06 Å². The molecule has 0 aliphatic rings. The van der Waals surface area contributed by atoms with E-state index in [4.69, 9.17) is 14.9 Å². The number of hydrogen-bond acceptors (Lipinski definition) is 4. The minimum Gasteiger partial charge on any atom is -0.486 e. The van der Waals surface area contributed by atoms with Crippen molar-refractivity contribution in [3.05, 3.63) is 11.0 Å². The molecule has 0 radical (unpaired) electrons. The first kappa shape index (κ1) is 12.7. The zero-order valence-electron chi connectivity index (χ0n) is 7.57. The monoisotopic (exact) mass is 268 g/mol. The van der Waals surface area contributed by atoms with E-state index in [1.807, 2.05) is 6.20 Å². The third-order valence-electron chi connectivity index (χ3n) is 1.46. The fourth-order valence-electron chi connectivity index (χ4n) is 0.816. The molecule has 0 amide bonds. The third kappa shape index (κ3) is 3.50. The van der Waals surface area contributed by atoms with E-state index in [2.05, 4.69) is 0 Å². The van der Waals surface area contributed by atoms with E-state index in [1.165, 1.54) is 11.3 Å². The summed E-state index contributed by atoms with van der Waals surface area (Å²) in [6.07, 6.45) is 1.81. The number of ether oxygens (including phenoxy) is 2. The predicted octanol–water partition coefficient (Wildman–Crippen LogP) is 1.26. The molecule has 4 nitrogen and oxygen atoms in total. The van der Waals surface area contributed by atoms with Gasteiger partial charge in [-0.25, -0.2) is 0 Å². The third-order valence-corrected chi connectivity index (χ3v) is 2.36. The van der Waals surface area contributed by atoms with Crippen LogP contribution < -0.4 is 9.54 Å². The smallest absolute Gasteiger partial charge is 0.193 e. The highest BCUT2D eigenvalue weighted by Crippen LogP contribution is 2.12. The maximum atomic E-state index is 7.52. The molecule has 1 aromatic rings. The molecule has 0 aliphatic heterocycles. The molecule has 0 aromatic carbocycles. The maximum absolute atomic E-state index is 7.52. The van der Waals surface area contributed by atoms with Crippen LogP contribution in [0.4, 0.5) is 0 Å². The molecule has 1 heterocycles. The van der Waals surface area contributed by atoms with Crippen molar-refractivity contribution in [1.82, 2.24) is 4.57 Å². The topological polar surface area (TPSA) is 47.2 Å². The summed E-state index contributed by atoms with van der Waals surface area (Å²) < 4.78 is 11.7. The average Bonchev–Trinajstić information content (AvgIpc) is 2.43. The number of nitrogens with zero attached hydrogens (tertiary/aromatic N) is 1. The first-order chi connectivity index (χ1) is 5.77. The molecule has 6 heteroatoms.